The lowest BCUT2D eigenvalue weighted by Gasteiger charge is -2.16. The van der Waals surface area contributed by atoms with Crippen molar-refractivity contribution in [2.75, 3.05) is 24.3 Å². The topological polar surface area (TPSA) is 99.3 Å². The Morgan fingerprint density at radius 1 is 1.35 bits per heavy atom. The van der Waals surface area contributed by atoms with Crippen LogP contribution in [0.15, 0.2) is 18.2 Å². The number of carbonyl (C=O) groups is 1. The molecule has 0 saturated heterocycles. The molecular weight excluding hydrogens is 352 g/mol. The lowest BCUT2D eigenvalue weighted by atomic mass is 9.96. The van der Waals surface area contributed by atoms with E-state index in [1.165, 1.54) is 23.5 Å². The van der Waals surface area contributed by atoms with Gasteiger partial charge in [0, 0.05) is 36.8 Å². The summed E-state index contributed by atoms with van der Waals surface area (Å²) in [6.45, 7) is 0. The molecule has 1 aromatic heterocycles. The van der Waals surface area contributed by atoms with Gasteiger partial charge in [-0.05, 0) is 37.3 Å². The molecule has 0 fully saturated rings. The van der Waals surface area contributed by atoms with E-state index in [4.69, 9.17) is 0 Å². The second kappa shape index (κ2) is 7.14. The number of hydrogen-bond acceptors (Lipinski definition) is 6. The normalized spacial score (nSPS) is 12.8. The van der Waals surface area contributed by atoms with Crippen LogP contribution in [-0.2, 0) is 12.8 Å². The summed E-state index contributed by atoms with van der Waals surface area (Å²) in [6.07, 6.45) is 3.90. The number of nitro groups is 1. The average Bonchev–Trinajstić information content (AvgIpc) is 2.97. The standard InChI is InChI=1S/C18H18N4O3S/c1-21(2)15-8-7-11(22(24)25)9-13(15)17(23)20-18-14(10-19)12-5-3-4-6-16(12)26-18/h7-9H,3-6H2,1-2H3,(H,20,23). The average molecular weight is 370 g/mol. The molecule has 0 spiro atoms. The lowest BCUT2D eigenvalue weighted by Crippen LogP contribution is -2.18. The number of nitrogens with one attached hydrogen (secondary N) is 1. The lowest BCUT2D eigenvalue weighted by molar-refractivity contribution is -0.384. The number of nitrogens with zero attached hydrogens (tertiary/aromatic N) is 3. The molecule has 1 amide bonds. The zero-order chi connectivity index (χ0) is 18.8. The van der Waals surface area contributed by atoms with Crippen LogP contribution in [0.1, 0.15) is 39.2 Å². The van der Waals surface area contributed by atoms with Crippen LogP contribution in [0.5, 0.6) is 0 Å². The van der Waals surface area contributed by atoms with Crippen molar-refractivity contribution >= 4 is 33.6 Å². The van der Waals surface area contributed by atoms with Crippen molar-refractivity contribution < 1.29 is 9.72 Å². The van der Waals surface area contributed by atoms with Gasteiger partial charge in [-0.3, -0.25) is 14.9 Å². The predicted octanol–water partition coefficient (Wildman–Crippen LogP) is 3.73. The van der Waals surface area contributed by atoms with Crippen LogP contribution in [0, 0.1) is 21.4 Å². The van der Waals surface area contributed by atoms with Crippen molar-refractivity contribution in [1.29, 1.82) is 5.26 Å². The molecule has 26 heavy (non-hydrogen) atoms. The molecule has 2 aromatic rings. The third-order valence-corrected chi connectivity index (χ3v) is 5.63. The van der Waals surface area contributed by atoms with Crippen LogP contribution in [0.25, 0.3) is 0 Å². The summed E-state index contributed by atoms with van der Waals surface area (Å²) in [5.41, 5.74) is 2.19. The van der Waals surface area contributed by atoms with Crippen LogP contribution in [-0.4, -0.2) is 24.9 Å². The number of nitro benzene ring substituents is 1. The Balaban J connectivity index is 1.98. The van der Waals surface area contributed by atoms with Gasteiger partial charge in [-0.2, -0.15) is 5.26 Å². The minimum Gasteiger partial charge on any atom is -0.377 e. The molecule has 0 unspecified atom stereocenters. The number of hydrogen-bond donors (Lipinski definition) is 1. The van der Waals surface area contributed by atoms with E-state index in [9.17, 15) is 20.2 Å². The molecule has 1 aliphatic rings. The number of fused-ring (bicyclic) bond motifs is 1. The quantitative estimate of drug-likeness (QED) is 0.653. The molecule has 7 nitrogen and oxygen atoms in total. The Labute approximate surface area is 155 Å². The summed E-state index contributed by atoms with van der Waals surface area (Å²) >= 11 is 1.43. The second-order valence-electron chi connectivity index (χ2n) is 6.33. The first-order valence-electron chi connectivity index (χ1n) is 8.24. The Hall–Kier alpha value is -2.92. The maximum Gasteiger partial charge on any atom is 0.270 e. The van der Waals surface area contributed by atoms with Crippen molar-refractivity contribution in [3.63, 3.8) is 0 Å². The summed E-state index contributed by atoms with van der Waals surface area (Å²) in [5.74, 6) is -0.451. The van der Waals surface area contributed by atoms with Crippen LogP contribution >= 0.6 is 11.3 Å². The third-order valence-electron chi connectivity index (χ3n) is 4.43. The van der Waals surface area contributed by atoms with Crippen LogP contribution < -0.4 is 10.2 Å². The molecule has 0 bridgehead atoms. The van der Waals surface area contributed by atoms with E-state index in [2.05, 4.69) is 11.4 Å². The first-order chi connectivity index (χ1) is 12.4. The Bertz CT molecular complexity index is 927. The molecule has 1 aliphatic carbocycles. The number of benzene rings is 1. The molecule has 0 saturated carbocycles. The summed E-state index contributed by atoms with van der Waals surface area (Å²) in [5, 5.41) is 23.9. The SMILES string of the molecule is CN(C)c1ccc([N+](=O)[O-])cc1C(=O)Nc1sc2c(c1C#N)CCCC2. The zero-order valence-corrected chi connectivity index (χ0v) is 15.4. The largest absolute Gasteiger partial charge is 0.377 e. The molecule has 1 aromatic carbocycles. The highest BCUT2D eigenvalue weighted by Gasteiger charge is 2.24. The van der Waals surface area contributed by atoms with Gasteiger partial charge in [-0.15, -0.1) is 11.3 Å². The molecule has 134 valence electrons. The molecule has 3 rings (SSSR count). The maximum atomic E-state index is 12.8. The highest BCUT2D eigenvalue weighted by molar-refractivity contribution is 7.16. The summed E-state index contributed by atoms with van der Waals surface area (Å²) < 4.78 is 0. The van der Waals surface area contributed by atoms with Crippen molar-refractivity contribution in [3.05, 3.63) is 49.9 Å². The van der Waals surface area contributed by atoms with Crippen molar-refractivity contribution in [2.24, 2.45) is 0 Å². The van der Waals surface area contributed by atoms with E-state index in [-0.39, 0.29) is 11.3 Å². The van der Waals surface area contributed by atoms with E-state index >= 15 is 0 Å². The van der Waals surface area contributed by atoms with E-state index in [1.54, 1.807) is 25.1 Å². The van der Waals surface area contributed by atoms with Gasteiger partial charge in [-0.25, -0.2) is 0 Å². The zero-order valence-electron chi connectivity index (χ0n) is 14.5. The van der Waals surface area contributed by atoms with E-state index in [0.29, 0.717) is 16.3 Å². The number of nitriles is 1. The van der Waals surface area contributed by atoms with Gasteiger partial charge in [0.2, 0.25) is 0 Å². The first kappa shape index (κ1) is 17.9. The first-order valence-corrected chi connectivity index (χ1v) is 9.05. The molecule has 8 heteroatoms. The van der Waals surface area contributed by atoms with Gasteiger partial charge in [0.25, 0.3) is 11.6 Å². The fourth-order valence-electron chi connectivity index (χ4n) is 3.15. The number of carbonyl (C=O) groups excluding carboxylic acids is 1. The summed E-state index contributed by atoms with van der Waals surface area (Å²) in [7, 11) is 3.53. The number of anilines is 2. The molecular formula is C18H18N4O3S. The second-order valence-corrected chi connectivity index (χ2v) is 7.44. The molecule has 1 heterocycles. The van der Waals surface area contributed by atoms with Gasteiger partial charge >= 0.3 is 0 Å². The summed E-state index contributed by atoms with van der Waals surface area (Å²) in [4.78, 5) is 26.2. The molecule has 0 radical (unpaired) electrons. The highest BCUT2D eigenvalue weighted by atomic mass is 32.1. The van der Waals surface area contributed by atoms with Gasteiger partial charge in [-0.1, -0.05) is 0 Å². The Morgan fingerprint density at radius 3 is 2.73 bits per heavy atom. The van der Waals surface area contributed by atoms with Gasteiger partial charge < -0.3 is 10.2 Å². The fraction of sp³-hybridized carbons (Fsp3) is 0.333. The number of thiophene rings is 1. The van der Waals surface area contributed by atoms with Crippen LogP contribution in [0.4, 0.5) is 16.4 Å². The Morgan fingerprint density at radius 2 is 2.08 bits per heavy atom. The number of aryl methyl sites for hydroxylation is 1. The predicted molar refractivity (Wildman–Crippen MR) is 101 cm³/mol. The number of non-ortho nitro benzene ring substituents is 1. The van der Waals surface area contributed by atoms with E-state index in [1.807, 2.05) is 0 Å². The molecule has 1 N–H and O–H groups in total. The summed E-state index contributed by atoms with van der Waals surface area (Å²) in [6, 6.07) is 6.40. The smallest absolute Gasteiger partial charge is 0.270 e. The Kier molecular flexibility index (Phi) is 4.91. The van der Waals surface area contributed by atoms with Crippen LogP contribution in [0.2, 0.25) is 0 Å². The van der Waals surface area contributed by atoms with Crippen molar-refractivity contribution in [1.82, 2.24) is 0 Å². The number of amides is 1. The monoisotopic (exact) mass is 370 g/mol. The minimum atomic E-state index is -0.527. The van der Waals surface area contributed by atoms with Crippen molar-refractivity contribution in [3.8, 4) is 6.07 Å². The van der Waals surface area contributed by atoms with E-state index in [0.717, 1.165) is 36.1 Å². The molecule has 0 atom stereocenters. The third kappa shape index (κ3) is 3.26. The van der Waals surface area contributed by atoms with Crippen molar-refractivity contribution in [2.45, 2.75) is 25.7 Å². The maximum absolute atomic E-state index is 12.8. The van der Waals surface area contributed by atoms with Gasteiger partial charge in [0.1, 0.15) is 11.1 Å². The van der Waals surface area contributed by atoms with Crippen LogP contribution in [0.3, 0.4) is 0 Å². The number of rotatable bonds is 4. The molecule has 0 aliphatic heterocycles. The minimum absolute atomic E-state index is 0.147. The van der Waals surface area contributed by atoms with Gasteiger partial charge in [0.15, 0.2) is 0 Å². The van der Waals surface area contributed by atoms with Gasteiger partial charge in [0.05, 0.1) is 16.1 Å². The van der Waals surface area contributed by atoms with E-state index < -0.39 is 10.8 Å². The highest BCUT2D eigenvalue weighted by Crippen LogP contribution is 2.38. The fourth-order valence-corrected chi connectivity index (χ4v) is 4.39.